The van der Waals surface area contributed by atoms with Gasteiger partial charge in [-0.3, -0.25) is 4.79 Å². The number of hydrogen-bond acceptors (Lipinski definition) is 6. The van der Waals surface area contributed by atoms with Crippen LogP contribution in [0.2, 0.25) is 5.02 Å². The minimum absolute atomic E-state index is 0.0567. The van der Waals surface area contributed by atoms with Crippen LogP contribution in [0, 0.1) is 0 Å². The molecule has 0 N–H and O–H groups in total. The molecule has 0 amide bonds. The van der Waals surface area contributed by atoms with Crippen molar-refractivity contribution in [3.63, 3.8) is 0 Å². The van der Waals surface area contributed by atoms with Crippen LogP contribution < -0.4 is 10.3 Å². The number of benzene rings is 2. The van der Waals surface area contributed by atoms with Crippen LogP contribution >= 0.6 is 11.6 Å². The average Bonchev–Trinajstić information content (AvgIpc) is 3.19. The minimum Gasteiger partial charge on any atom is -0.494 e. The largest absolute Gasteiger partial charge is 0.494 e. The lowest BCUT2D eigenvalue weighted by molar-refractivity contribution is 0.340. The summed E-state index contributed by atoms with van der Waals surface area (Å²) in [6, 6.07) is 17.8. The van der Waals surface area contributed by atoms with Gasteiger partial charge in [0.25, 0.3) is 5.56 Å². The Balaban J connectivity index is 1.58. The summed E-state index contributed by atoms with van der Waals surface area (Å²) in [5.41, 5.74) is 1.83. The summed E-state index contributed by atoms with van der Waals surface area (Å²) in [5, 5.41) is 8.94. The molecule has 8 heteroatoms. The molecule has 0 saturated heterocycles. The van der Waals surface area contributed by atoms with Crippen LogP contribution in [0.5, 0.6) is 5.75 Å². The van der Waals surface area contributed by atoms with Crippen molar-refractivity contribution >= 4 is 11.6 Å². The van der Waals surface area contributed by atoms with Gasteiger partial charge in [0.2, 0.25) is 11.7 Å². The van der Waals surface area contributed by atoms with Gasteiger partial charge in [-0.05, 0) is 43.3 Å². The number of halogens is 1. The molecule has 146 valence electrons. The molecule has 0 atom stereocenters. The standard InChI is InChI=1S/C21H17ClN4O3/c1-2-28-15-9-7-14(8-10-15)21-23-19(29-25-21)13-26-20(27)12-11-18(24-26)16-5-3-4-6-17(16)22/h3-12H,2,13H2,1H3. The van der Waals surface area contributed by atoms with E-state index in [-0.39, 0.29) is 18.0 Å². The Hall–Kier alpha value is -3.45. The van der Waals surface area contributed by atoms with E-state index in [1.165, 1.54) is 10.7 Å². The number of hydrogen-bond donors (Lipinski definition) is 0. The molecule has 7 nitrogen and oxygen atoms in total. The molecule has 29 heavy (non-hydrogen) atoms. The summed E-state index contributed by atoms with van der Waals surface area (Å²) in [4.78, 5) is 16.6. The number of aromatic nitrogens is 4. The van der Waals surface area contributed by atoms with E-state index in [4.69, 9.17) is 20.9 Å². The molecule has 4 aromatic rings. The van der Waals surface area contributed by atoms with Gasteiger partial charge in [0.05, 0.1) is 17.3 Å². The fourth-order valence-electron chi connectivity index (χ4n) is 2.81. The summed E-state index contributed by atoms with van der Waals surface area (Å²) >= 11 is 6.24. The Kier molecular flexibility index (Phi) is 5.39. The zero-order chi connectivity index (χ0) is 20.2. The molecule has 2 aromatic heterocycles. The molecule has 0 fully saturated rings. The highest BCUT2D eigenvalue weighted by atomic mass is 35.5. The highest BCUT2D eigenvalue weighted by Crippen LogP contribution is 2.25. The van der Waals surface area contributed by atoms with Gasteiger partial charge in [0.1, 0.15) is 12.3 Å². The quantitative estimate of drug-likeness (QED) is 0.478. The first kappa shape index (κ1) is 18.9. The van der Waals surface area contributed by atoms with E-state index in [1.54, 1.807) is 12.1 Å². The lowest BCUT2D eigenvalue weighted by atomic mass is 10.1. The average molecular weight is 409 g/mol. The molecular formula is C21H17ClN4O3. The number of ether oxygens (including phenoxy) is 1. The van der Waals surface area contributed by atoms with Gasteiger partial charge in [0.15, 0.2) is 0 Å². The predicted molar refractivity (Wildman–Crippen MR) is 109 cm³/mol. The minimum atomic E-state index is -0.276. The van der Waals surface area contributed by atoms with Crippen molar-refractivity contribution < 1.29 is 9.26 Å². The third-order valence-corrected chi connectivity index (χ3v) is 4.52. The molecular weight excluding hydrogens is 392 g/mol. The maximum absolute atomic E-state index is 12.2. The first-order chi connectivity index (χ1) is 14.1. The van der Waals surface area contributed by atoms with E-state index in [9.17, 15) is 4.79 Å². The van der Waals surface area contributed by atoms with Gasteiger partial charge in [-0.15, -0.1) is 0 Å². The van der Waals surface area contributed by atoms with Crippen LogP contribution in [-0.4, -0.2) is 26.5 Å². The van der Waals surface area contributed by atoms with E-state index in [0.29, 0.717) is 23.1 Å². The van der Waals surface area contributed by atoms with Crippen molar-refractivity contribution in [2.75, 3.05) is 6.61 Å². The zero-order valence-corrected chi connectivity index (χ0v) is 16.3. The molecule has 0 aliphatic carbocycles. The molecule has 0 radical (unpaired) electrons. The van der Waals surface area contributed by atoms with Gasteiger partial charge in [-0.2, -0.15) is 10.1 Å². The normalized spacial score (nSPS) is 10.8. The van der Waals surface area contributed by atoms with Crippen LogP contribution in [0.1, 0.15) is 12.8 Å². The van der Waals surface area contributed by atoms with Crippen LogP contribution in [0.3, 0.4) is 0 Å². The smallest absolute Gasteiger partial charge is 0.267 e. The summed E-state index contributed by atoms with van der Waals surface area (Å²) in [5.74, 6) is 1.48. The summed E-state index contributed by atoms with van der Waals surface area (Å²) in [7, 11) is 0. The lowest BCUT2D eigenvalue weighted by Gasteiger charge is -2.06. The molecule has 2 aromatic carbocycles. The van der Waals surface area contributed by atoms with Crippen LogP contribution in [0.25, 0.3) is 22.6 Å². The molecule has 4 rings (SSSR count). The maximum atomic E-state index is 12.2. The van der Waals surface area contributed by atoms with Crippen molar-refractivity contribution in [1.82, 2.24) is 19.9 Å². The van der Waals surface area contributed by atoms with Crippen molar-refractivity contribution in [1.29, 1.82) is 0 Å². The molecule has 0 aliphatic rings. The van der Waals surface area contributed by atoms with Gasteiger partial charge in [-0.25, -0.2) is 4.68 Å². The van der Waals surface area contributed by atoms with Crippen molar-refractivity contribution in [3.05, 3.63) is 81.9 Å². The van der Waals surface area contributed by atoms with Crippen molar-refractivity contribution in [2.45, 2.75) is 13.5 Å². The Morgan fingerprint density at radius 3 is 2.62 bits per heavy atom. The SMILES string of the molecule is CCOc1ccc(-c2noc(Cn3nc(-c4ccccc4Cl)ccc3=O)n2)cc1. The third kappa shape index (κ3) is 4.20. The molecule has 0 unspecified atom stereocenters. The van der Waals surface area contributed by atoms with E-state index in [1.807, 2.05) is 49.4 Å². The second-order valence-corrected chi connectivity index (χ2v) is 6.57. The summed E-state index contributed by atoms with van der Waals surface area (Å²) in [6.45, 7) is 2.58. The molecule has 0 spiro atoms. The van der Waals surface area contributed by atoms with Gasteiger partial charge < -0.3 is 9.26 Å². The van der Waals surface area contributed by atoms with Gasteiger partial charge in [-0.1, -0.05) is 35.0 Å². The van der Waals surface area contributed by atoms with Crippen LogP contribution in [0.15, 0.2) is 70.0 Å². The van der Waals surface area contributed by atoms with Gasteiger partial charge >= 0.3 is 0 Å². The number of rotatable bonds is 6. The second-order valence-electron chi connectivity index (χ2n) is 6.16. The fraction of sp³-hybridized carbons (Fsp3) is 0.143. The molecule has 0 aliphatic heterocycles. The van der Waals surface area contributed by atoms with Gasteiger partial charge in [0, 0.05) is 17.2 Å². The molecule has 0 saturated carbocycles. The van der Waals surface area contributed by atoms with E-state index in [0.717, 1.165) is 16.9 Å². The Morgan fingerprint density at radius 2 is 1.86 bits per heavy atom. The zero-order valence-electron chi connectivity index (χ0n) is 15.6. The highest BCUT2D eigenvalue weighted by Gasteiger charge is 2.12. The van der Waals surface area contributed by atoms with Crippen molar-refractivity contribution in [2.24, 2.45) is 0 Å². The Morgan fingerprint density at radius 1 is 1.07 bits per heavy atom. The van der Waals surface area contributed by atoms with E-state index in [2.05, 4.69) is 15.2 Å². The maximum Gasteiger partial charge on any atom is 0.267 e. The van der Waals surface area contributed by atoms with Crippen LogP contribution in [-0.2, 0) is 6.54 Å². The Bertz CT molecular complexity index is 1190. The summed E-state index contributed by atoms with van der Waals surface area (Å²) in [6.07, 6.45) is 0. The predicted octanol–water partition coefficient (Wildman–Crippen LogP) is 4.06. The highest BCUT2D eigenvalue weighted by molar-refractivity contribution is 6.33. The second kappa shape index (κ2) is 8.28. The fourth-order valence-corrected chi connectivity index (χ4v) is 3.04. The summed E-state index contributed by atoms with van der Waals surface area (Å²) < 4.78 is 12.0. The van der Waals surface area contributed by atoms with E-state index >= 15 is 0 Å². The van der Waals surface area contributed by atoms with Crippen molar-refractivity contribution in [3.8, 4) is 28.4 Å². The first-order valence-corrected chi connectivity index (χ1v) is 9.40. The topological polar surface area (TPSA) is 83.0 Å². The lowest BCUT2D eigenvalue weighted by Crippen LogP contribution is -2.23. The monoisotopic (exact) mass is 408 g/mol. The number of nitrogens with zero attached hydrogens (tertiary/aromatic N) is 4. The third-order valence-electron chi connectivity index (χ3n) is 4.19. The van der Waals surface area contributed by atoms with E-state index < -0.39 is 0 Å². The Labute approximate surface area is 171 Å². The molecule has 0 bridgehead atoms. The first-order valence-electron chi connectivity index (χ1n) is 9.03. The van der Waals surface area contributed by atoms with Crippen LogP contribution in [0.4, 0.5) is 0 Å². The molecule has 2 heterocycles.